The number of carboxylic acids is 1. The predicted octanol–water partition coefficient (Wildman–Crippen LogP) is 6.30. The number of anilines is 1. The van der Waals surface area contributed by atoms with Crippen molar-refractivity contribution in [3.63, 3.8) is 0 Å². The lowest BCUT2D eigenvalue weighted by Gasteiger charge is -2.15. The van der Waals surface area contributed by atoms with Crippen LogP contribution in [0.5, 0.6) is 0 Å². The van der Waals surface area contributed by atoms with E-state index in [2.05, 4.69) is 69.0 Å². The number of carbonyl (C=O) groups is 2. The molecule has 2 aromatic carbocycles. The molecule has 0 radical (unpaired) electrons. The summed E-state index contributed by atoms with van der Waals surface area (Å²) in [7, 11) is 0. The molecule has 0 fully saturated rings. The topological polar surface area (TPSA) is 66.4 Å². The van der Waals surface area contributed by atoms with E-state index in [0.29, 0.717) is 19.1 Å². The monoisotopic (exact) mass is 581 g/mol. The molecule has 2 rings (SSSR count). The lowest BCUT2D eigenvalue weighted by molar-refractivity contribution is 0.0691. The van der Waals surface area contributed by atoms with Crippen molar-refractivity contribution < 1.29 is 14.7 Å². The zero-order valence-corrected chi connectivity index (χ0v) is 18.9. The average molecular weight is 585 g/mol. The van der Waals surface area contributed by atoms with Crippen LogP contribution in [-0.2, 0) is 0 Å². The van der Waals surface area contributed by atoms with Gasteiger partial charge in [0.2, 0.25) is 0 Å². The minimum atomic E-state index is -1.21. The standard InChI is InChI=1S/C16H11Br4NO3/c1-6-3-4-8(5-7(6)2)21-15(22)9-10(16(23)24)12(18)14(20)13(19)11(9)17/h3-5H,1-2H3,(H,21,22)(H,23,24). The second-order valence-corrected chi connectivity index (χ2v) is 8.24. The number of carboxylic acid groups (broad SMARTS) is 1. The molecule has 1 amide bonds. The average Bonchev–Trinajstić information content (AvgIpc) is 2.51. The normalized spacial score (nSPS) is 10.6. The molecule has 0 atom stereocenters. The maximum Gasteiger partial charge on any atom is 0.337 e. The van der Waals surface area contributed by atoms with Crippen molar-refractivity contribution >= 4 is 81.3 Å². The summed E-state index contributed by atoms with van der Waals surface area (Å²) in [5.74, 6) is -1.72. The Hall–Kier alpha value is -0.700. The molecule has 0 spiro atoms. The molecule has 0 unspecified atom stereocenters. The maximum absolute atomic E-state index is 12.7. The van der Waals surface area contributed by atoms with Crippen molar-refractivity contribution in [3.8, 4) is 0 Å². The van der Waals surface area contributed by atoms with E-state index in [9.17, 15) is 14.7 Å². The van der Waals surface area contributed by atoms with Gasteiger partial charge in [0.1, 0.15) is 0 Å². The zero-order chi connectivity index (χ0) is 18.2. The highest BCUT2D eigenvalue weighted by atomic mass is 79.9. The van der Waals surface area contributed by atoms with E-state index in [1.165, 1.54) is 0 Å². The minimum Gasteiger partial charge on any atom is -0.478 e. The summed E-state index contributed by atoms with van der Waals surface area (Å²) in [5, 5.41) is 12.3. The fourth-order valence-electron chi connectivity index (χ4n) is 2.06. The number of nitrogens with one attached hydrogen (secondary N) is 1. The summed E-state index contributed by atoms with van der Waals surface area (Å²) in [6, 6.07) is 5.51. The third-order valence-corrected chi connectivity index (χ3v) is 8.24. The van der Waals surface area contributed by atoms with Gasteiger partial charge in [-0.15, -0.1) is 0 Å². The number of hydrogen-bond acceptors (Lipinski definition) is 2. The Morgan fingerprint density at radius 3 is 1.92 bits per heavy atom. The van der Waals surface area contributed by atoms with Crippen molar-refractivity contribution in [3.05, 3.63) is 58.3 Å². The maximum atomic E-state index is 12.7. The van der Waals surface area contributed by atoms with Crippen molar-refractivity contribution in [2.45, 2.75) is 13.8 Å². The molecule has 4 nitrogen and oxygen atoms in total. The van der Waals surface area contributed by atoms with Gasteiger partial charge in [0.25, 0.3) is 5.91 Å². The fraction of sp³-hybridized carbons (Fsp3) is 0.125. The Balaban J connectivity index is 2.56. The molecule has 0 aromatic heterocycles. The second-order valence-electron chi connectivity index (χ2n) is 5.06. The van der Waals surface area contributed by atoms with Gasteiger partial charge in [-0.2, -0.15) is 0 Å². The van der Waals surface area contributed by atoms with Gasteiger partial charge in [0.15, 0.2) is 0 Å². The van der Waals surface area contributed by atoms with Crippen molar-refractivity contribution in [2.75, 3.05) is 5.32 Å². The highest BCUT2D eigenvalue weighted by Gasteiger charge is 2.27. The molecule has 0 aliphatic heterocycles. The Morgan fingerprint density at radius 1 is 0.875 bits per heavy atom. The lowest BCUT2D eigenvalue weighted by atomic mass is 10.1. The van der Waals surface area contributed by atoms with E-state index in [4.69, 9.17) is 0 Å². The van der Waals surface area contributed by atoms with E-state index in [1.54, 1.807) is 6.07 Å². The molecule has 0 aliphatic rings. The molecule has 8 heteroatoms. The molecule has 2 aromatic rings. The molecule has 0 heterocycles. The van der Waals surface area contributed by atoms with Crippen LogP contribution >= 0.6 is 63.7 Å². The van der Waals surface area contributed by atoms with E-state index < -0.39 is 11.9 Å². The number of carbonyl (C=O) groups excluding carboxylic acids is 1. The smallest absolute Gasteiger partial charge is 0.337 e. The number of amides is 1. The summed E-state index contributed by atoms with van der Waals surface area (Å²) >= 11 is 13.2. The molecular formula is C16H11Br4NO3. The highest BCUT2D eigenvalue weighted by molar-refractivity contribution is 9.15. The summed E-state index contributed by atoms with van der Waals surface area (Å²) in [6.07, 6.45) is 0. The SMILES string of the molecule is Cc1ccc(NC(=O)c2c(Br)c(Br)c(Br)c(Br)c2C(=O)O)cc1C. The van der Waals surface area contributed by atoms with E-state index in [-0.39, 0.29) is 15.6 Å². The largest absolute Gasteiger partial charge is 0.478 e. The number of halogens is 4. The Kier molecular flexibility index (Phi) is 6.28. The summed E-state index contributed by atoms with van der Waals surface area (Å²) in [6.45, 7) is 3.92. The zero-order valence-electron chi connectivity index (χ0n) is 12.5. The first kappa shape index (κ1) is 19.6. The van der Waals surface area contributed by atoms with Crippen LogP contribution in [0.15, 0.2) is 36.1 Å². The molecule has 0 aliphatic carbocycles. The van der Waals surface area contributed by atoms with Crippen molar-refractivity contribution in [1.29, 1.82) is 0 Å². The first-order valence-electron chi connectivity index (χ1n) is 6.63. The van der Waals surface area contributed by atoms with Gasteiger partial charge < -0.3 is 10.4 Å². The third kappa shape index (κ3) is 3.76. The third-order valence-electron chi connectivity index (χ3n) is 3.47. The molecule has 24 heavy (non-hydrogen) atoms. The Labute approximate surface area is 172 Å². The van der Waals surface area contributed by atoms with E-state index in [0.717, 1.165) is 11.1 Å². The molecule has 0 bridgehead atoms. The molecular weight excluding hydrogens is 574 g/mol. The lowest BCUT2D eigenvalue weighted by Crippen LogP contribution is -2.18. The number of benzene rings is 2. The number of rotatable bonds is 3. The van der Waals surface area contributed by atoms with Crippen molar-refractivity contribution in [1.82, 2.24) is 0 Å². The summed E-state index contributed by atoms with van der Waals surface area (Å²) < 4.78 is 1.70. The number of aryl methyl sites for hydroxylation is 2. The van der Waals surface area contributed by atoms with E-state index in [1.807, 2.05) is 26.0 Å². The van der Waals surface area contributed by atoms with Crippen LogP contribution in [0, 0.1) is 13.8 Å². The fourth-order valence-corrected chi connectivity index (χ4v) is 4.53. The number of hydrogen-bond donors (Lipinski definition) is 2. The van der Waals surface area contributed by atoms with E-state index >= 15 is 0 Å². The minimum absolute atomic E-state index is 0.0303. The van der Waals surface area contributed by atoms with Crippen LogP contribution in [0.4, 0.5) is 5.69 Å². The first-order chi connectivity index (χ1) is 11.1. The first-order valence-corrected chi connectivity index (χ1v) is 9.80. The van der Waals surface area contributed by atoms with Gasteiger partial charge in [-0.3, -0.25) is 4.79 Å². The van der Waals surface area contributed by atoms with Crippen LogP contribution in [0.1, 0.15) is 31.8 Å². The Morgan fingerprint density at radius 2 is 1.42 bits per heavy atom. The summed E-state index contributed by atoms with van der Waals surface area (Å²) in [5.41, 5.74) is 2.64. The van der Waals surface area contributed by atoms with Crippen LogP contribution in [0.2, 0.25) is 0 Å². The second kappa shape index (κ2) is 7.68. The van der Waals surface area contributed by atoms with Gasteiger partial charge in [0, 0.05) is 23.6 Å². The van der Waals surface area contributed by atoms with Crippen molar-refractivity contribution in [2.24, 2.45) is 0 Å². The van der Waals surface area contributed by atoms with Crippen LogP contribution in [0.25, 0.3) is 0 Å². The molecule has 126 valence electrons. The van der Waals surface area contributed by atoms with Crippen LogP contribution < -0.4 is 5.32 Å². The molecule has 0 saturated carbocycles. The van der Waals surface area contributed by atoms with Gasteiger partial charge in [-0.25, -0.2) is 4.79 Å². The van der Waals surface area contributed by atoms with Gasteiger partial charge >= 0.3 is 5.97 Å². The van der Waals surface area contributed by atoms with Crippen LogP contribution in [0.3, 0.4) is 0 Å². The Bertz CT molecular complexity index is 865. The predicted molar refractivity (Wildman–Crippen MR) is 108 cm³/mol. The molecule has 0 saturated heterocycles. The van der Waals surface area contributed by atoms with Gasteiger partial charge in [0.05, 0.1) is 11.1 Å². The summed E-state index contributed by atoms with van der Waals surface area (Å²) in [4.78, 5) is 24.4. The quantitative estimate of drug-likeness (QED) is 0.329. The van der Waals surface area contributed by atoms with Gasteiger partial charge in [-0.1, -0.05) is 6.07 Å². The molecule has 2 N–H and O–H groups in total. The number of aromatic carboxylic acids is 1. The van der Waals surface area contributed by atoms with Gasteiger partial charge in [-0.05, 0) is 101 Å². The highest BCUT2D eigenvalue weighted by Crippen LogP contribution is 2.42. The van der Waals surface area contributed by atoms with Crippen LogP contribution in [-0.4, -0.2) is 17.0 Å².